The van der Waals surface area contributed by atoms with E-state index in [1.807, 2.05) is 0 Å². The minimum absolute atomic E-state index is 0. The zero-order valence-corrected chi connectivity index (χ0v) is 14.1. The van der Waals surface area contributed by atoms with Crippen LogP contribution in [-0.2, 0) is 16.1 Å². The fourth-order valence-electron chi connectivity index (χ4n) is 1.71. The van der Waals surface area contributed by atoms with Crippen LogP contribution in [-0.4, -0.2) is 36.3 Å². The molecule has 1 atom stereocenters. The Balaban J connectivity index is 0.00000484. The Morgan fingerprint density at radius 2 is 1.91 bits per heavy atom. The van der Waals surface area contributed by atoms with E-state index >= 15 is 0 Å². The van der Waals surface area contributed by atoms with Crippen molar-refractivity contribution in [2.75, 3.05) is 13.6 Å². The lowest BCUT2D eigenvalue weighted by Crippen LogP contribution is -2.47. The average Bonchev–Trinajstić information content (AvgIpc) is 2.46. The van der Waals surface area contributed by atoms with Gasteiger partial charge in [-0.05, 0) is 12.0 Å². The van der Waals surface area contributed by atoms with Crippen molar-refractivity contribution in [1.29, 1.82) is 0 Å². The third kappa shape index (κ3) is 6.50. The van der Waals surface area contributed by atoms with Crippen molar-refractivity contribution in [3.05, 3.63) is 35.4 Å². The van der Waals surface area contributed by atoms with E-state index in [9.17, 15) is 18.4 Å². The first-order valence-electron chi connectivity index (χ1n) is 6.93. The maximum Gasteiger partial charge on any atom is 0.242 e. The van der Waals surface area contributed by atoms with Crippen molar-refractivity contribution >= 4 is 24.2 Å². The highest BCUT2D eigenvalue weighted by Crippen LogP contribution is 2.11. The second kappa shape index (κ2) is 9.42. The topological polar surface area (TPSA) is 75.4 Å². The quantitative estimate of drug-likeness (QED) is 0.816. The van der Waals surface area contributed by atoms with Crippen LogP contribution in [0.15, 0.2) is 18.2 Å². The van der Waals surface area contributed by atoms with Crippen molar-refractivity contribution in [3.8, 4) is 0 Å². The SMILES string of the molecule is CC(C)[C@H](N)C(=O)NCC(=O)N(C)Cc1ccc(F)cc1F.Cl. The average molecular weight is 350 g/mol. The first-order valence-corrected chi connectivity index (χ1v) is 6.93. The highest BCUT2D eigenvalue weighted by Gasteiger charge is 2.19. The van der Waals surface area contributed by atoms with Gasteiger partial charge in [-0.25, -0.2) is 8.78 Å². The number of nitrogens with zero attached hydrogens (tertiary/aromatic N) is 1. The van der Waals surface area contributed by atoms with E-state index in [1.54, 1.807) is 13.8 Å². The van der Waals surface area contributed by atoms with Crippen LogP contribution in [0.5, 0.6) is 0 Å². The third-order valence-electron chi connectivity index (χ3n) is 3.28. The molecule has 0 aliphatic carbocycles. The minimum Gasteiger partial charge on any atom is -0.346 e. The Kier molecular flexibility index (Phi) is 8.71. The minimum atomic E-state index is -0.717. The van der Waals surface area contributed by atoms with Crippen molar-refractivity contribution in [2.24, 2.45) is 11.7 Å². The van der Waals surface area contributed by atoms with Crippen molar-refractivity contribution in [2.45, 2.75) is 26.4 Å². The fourth-order valence-corrected chi connectivity index (χ4v) is 1.71. The summed E-state index contributed by atoms with van der Waals surface area (Å²) < 4.78 is 26.3. The molecule has 0 aromatic heterocycles. The van der Waals surface area contributed by atoms with Gasteiger partial charge in [-0.2, -0.15) is 0 Å². The number of likely N-dealkylation sites (N-methyl/N-ethyl adjacent to an activating group) is 1. The molecule has 5 nitrogen and oxygen atoms in total. The van der Waals surface area contributed by atoms with Gasteiger partial charge >= 0.3 is 0 Å². The molecule has 0 radical (unpaired) electrons. The van der Waals surface area contributed by atoms with Crippen molar-refractivity contribution < 1.29 is 18.4 Å². The van der Waals surface area contributed by atoms with E-state index in [0.29, 0.717) is 0 Å². The number of halogens is 3. The Hall–Kier alpha value is -1.73. The largest absolute Gasteiger partial charge is 0.346 e. The van der Waals surface area contributed by atoms with E-state index in [0.717, 1.165) is 12.1 Å². The predicted molar refractivity (Wildman–Crippen MR) is 85.9 cm³/mol. The number of benzene rings is 1. The molecular formula is C15H22ClF2N3O2. The summed E-state index contributed by atoms with van der Waals surface area (Å²) in [6, 6.07) is 2.48. The van der Waals surface area contributed by atoms with Gasteiger partial charge in [-0.15, -0.1) is 12.4 Å². The van der Waals surface area contributed by atoms with Gasteiger partial charge in [-0.1, -0.05) is 19.9 Å². The molecular weight excluding hydrogens is 328 g/mol. The number of rotatable bonds is 6. The van der Waals surface area contributed by atoms with Crippen LogP contribution in [0.4, 0.5) is 8.78 Å². The van der Waals surface area contributed by atoms with Crippen LogP contribution < -0.4 is 11.1 Å². The molecule has 0 bridgehead atoms. The Bertz CT molecular complexity index is 556. The number of carbonyl (C=O) groups is 2. The number of hydrogen-bond acceptors (Lipinski definition) is 3. The Labute approximate surface area is 140 Å². The van der Waals surface area contributed by atoms with Gasteiger partial charge in [0.2, 0.25) is 11.8 Å². The highest BCUT2D eigenvalue weighted by molar-refractivity contribution is 5.87. The van der Waals surface area contributed by atoms with Gasteiger partial charge in [0.1, 0.15) is 11.6 Å². The lowest BCUT2D eigenvalue weighted by molar-refractivity contribution is -0.132. The highest BCUT2D eigenvalue weighted by atomic mass is 35.5. The maximum atomic E-state index is 13.5. The first kappa shape index (κ1) is 21.3. The molecule has 0 unspecified atom stereocenters. The molecule has 23 heavy (non-hydrogen) atoms. The summed E-state index contributed by atoms with van der Waals surface area (Å²) in [5, 5.41) is 2.45. The van der Waals surface area contributed by atoms with Crippen LogP contribution in [0.2, 0.25) is 0 Å². The maximum absolute atomic E-state index is 13.5. The zero-order chi connectivity index (χ0) is 16.9. The van der Waals surface area contributed by atoms with Crippen LogP contribution in [0.25, 0.3) is 0 Å². The molecule has 130 valence electrons. The molecule has 0 spiro atoms. The van der Waals surface area contributed by atoms with Crippen LogP contribution in [0.3, 0.4) is 0 Å². The van der Waals surface area contributed by atoms with E-state index in [-0.39, 0.29) is 37.0 Å². The summed E-state index contributed by atoms with van der Waals surface area (Å²) in [6.45, 7) is 3.36. The number of hydrogen-bond donors (Lipinski definition) is 2. The van der Waals surface area contributed by atoms with Crippen LogP contribution in [0.1, 0.15) is 19.4 Å². The molecule has 0 heterocycles. The van der Waals surface area contributed by atoms with Crippen molar-refractivity contribution in [1.82, 2.24) is 10.2 Å². The lowest BCUT2D eigenvalue weighted by Gasteiger charge is -2.19. The lowest BCUT2D eigenvalue weighted by atomic mass is 10.1. The summed E-state index contributed by atoms with van der Waals surface area (Å²) in [7, 11) is 1.47. The molecule has 0 aliphatic rings. The van der Waals surface area contributed by atoms with Crippen LogP contribution >= 0.6 is 12.4 Å². The third-order valence-corrected chi connectivity index (χ3v) is 3.28. The number of nitrogens with two attached hydrogens (primary N) is 1. The van der Waals surface area contributed by atoms with Crippen LogP contribution in [0, 0.1) is 17.6 Å². The molecule has 1 rings (SSSR count). The van der Waals surface area contributed by atoms with Gasteiger partial charge in [0, 0.05) is 25.2 Å². The summed E-state index contributed by atoms with van der Waals surface area (Å²) in [5.74, 6) is -2.24. The molecule has 2 amide bonds. The molecule has 8 heteroatoms. The van der Waals surface area contributed by atoms with Gasteiger partial charge in [0.25, 0.3) is 0 Å². The molecule has 1 aromatic rings. The van der Waals surface area contributed by atoms with Gasteiger partial charge in [0.15, 0.2) is 0 Å². The van der Waals surface area contributed by atoms with E-state index < -0.39 is 29.5 Å². The van der Waals surface area contributed by atoms with Crippen molar-refractivity contribution in [3.63, 3.8) is 0 Å². The predicted octanol–water partition coefficient (Wildman–Crippen LogP) is 1.44. The fraction of sp³-hybridized carbons (Fsp3) is 0.467. The monoisotopic (exact) mass is 349 g/mol. The summed E-state index contributed by atoms with van der Waals surface area (Å²) >= 11 is 0. The molecule has 0 saturated carbocycles. The molecule has 1 aromatic carbocycles. The first-order chi connectivity index (χ1) is 10.2. The summed E-state index contributed by atoms with van der Waals surface area (Å²) in [6.07, 6.45) is 0. The second-order valence-corrected chi connectivity index (χ2v) is 5.47. The van der Waals surface area contributed by atoms with Gasteiger partial charge < -0.3 is 16.0 Å². The van der Waals surface area contributed by atoms with Gasteiger partial charge in [0.05, 0.1) is 12.6 Å². The zero-order valence-electron chi connectivity index (χ0n) is 13.3. The summed E-state index contributed by atoms with van der Waals surface area (Å²) in [5.41, 5.74) is 5.85. The number of nitrogens with one attached hydrogen (secondary N) is 1. The molecule has 0 fully saturated rings. The standard InChI is InChI=1S/C15H21F2N3O2.ClH/c1-9(2)14(18)15(22)19-7-13(21)20(3)8-10-4-5-11(16)6-12(10)17;/h4-6,9,14H,7-8,18H2,1-3H3,(H,19,22);1H/t14-;/m0./s1. The molecule has 0 saturated heterocycles. The van der Waals surface area contributed by atoms with E-state index in [1.165, 1.54) is 18.0 Å². The smallest absolute Gasteiger partial charge is 0.242 e. The number of amides is 2. The summed E-state index contributed by atoms with van der Waals surface area (Å²) in [4.78, 5) is 24.8. The van der Waals surface area contributed by atoms with E-state index in [4.69, 9.17) is 5.73 Å². The Morgan fingerprint density at radius 3 is 2.43 bits per heavy atom. The number of carbonyl (C=O) groups excluding carboxylic acids is 2. The molecule has 3 N–H and O–H groups in total. The van der Waals surface area contributed by atoms with Gasteiger partial charge in [-0.3, -0.25) is 9.59 Å². The normalized spacial score (nSPS) is 11.6. The molecule has 0 aliphatic heterocycles. The van der Waals surface area contributed by atoms with E-state index in [2.05, 4.69) is 5.32 Å². The Morgan fingerprint density at radius 1 is 1.30 bits per heavy atom. The second-order valence-electron chi connectivity index (χ2n) is 5.47.